The maximum absolute atomic E-state index is 11.2. The Bertz CT molecular complexity index is 424. The second-order valence-electron chi connectivity index (χ2n) is 7.06. The van der Waals surface area contributed by atoms with E-state index in [0.717, 1.165) is 0 Å². The van der Waals surface area contributed by atoms with Crippen LogP contribution in [-0.2, 0) is 9.47 Å². The third kappa shape index (κ3) is 4.03. The van der Waals surface area contributed by atoms with Crippen molar-refractivity contribution in [2.75, 3.05) is 6.61 Å². The Hall–Kier alpha value is -1.90. The highest BCUT2D eigenvalue weighted by Gasteiger charge is 2.58. The largest absolute Gasteiger partial charge is 0.449 e. The molecule has 4 N–H and O–H groups in total. The van der Waals surface area contributed by atoms with Crippen LogP contribution in [0, 0.1) is 28.6 Å². The molecule has 0 saturated heterocycles. The third-order valence-electron chi connectivity index (χ3n) is 3.95. The molecule has 6 heteroatoms. The highest BCUT2D eigenvalue weighted by Crippen LogP contribution is 2.54. The van der Waals surface area contributed by atoms with Gasteiger partial charge < -0.3 is 20.9 Å². The van der Waals surface area contributed by atoms with Gasteiger partial charge in [0.1, 0.15) is 6.61 Å². The number of carbonyl (C=O) groups excluding carboxylic acids is 2. The summed E-state index contributed by atoms with van der Waals surface area (Å²) in [6.07, 6.45) is 2.70. The number of hydrogen-bond donors (Lipinski definition) is 2. The molecule has 0 radical (unpaired) electrons. The fourth-order valence-corrected chi connectivity index (χ4v) is 3.00. The molecule has 0 bridgehead atoms. The van der Waals surface area contributed by atoms with E-state index in [1.807, 2.05) is 41.5 Å². The van der Waals surface area contributed by atoms with Gasteiger partial charge in [0.15, 0.2) is 6.10 Å². The Labute approximate surface area is 126 Å². The van der Waals surface area contributed by atoms with Gasteiger partial charge in [-0.25, -0.2) is 9.59 Å². The first kappa shape index (κ1) is 19.1. The Morgan fingerprint density at radius 3 is 1.71 bits per heavy atom. The number of rotatable bonds is 4. The van der Waals surface area contributed by atoms with E-state index in [1.165, 1.54) is 0 Å². The van der Waals surface area contributed by atoms with Crippen LogP contribution in [0.1, 0.15) is 41.5 Å². The van der Waals surface area contributed by atoms with Crippen LogP contribution < -0.4 is 11.5 Å². The zero-order valence-corrected chi connectivity index (χ0v) is 13.6. The first-order valence-corrected chi connectivity index (χ1v) is 6.64. The van der Waals surface area contributed by atoms with Gasteiger partial charge in [-0.2, -0.15) is 0 Å². The summed E-state index contributed by atoms with van der Waals surface area (Å²) in [4.78, 5) is 22.2. The quantitative estimate of drug-likeness (QED) is 0.776. The van der Waals surface area contributed by atoms with Crippen LogP contribution in [0.2, 0.25) is 0 Å². The van der Waals surface area contributed by atoms with Crippen LogP contribution in [0.15, 0.2) is 0 Å². The Kier molecular flexibility index (Phi) is 5.68. The monoisotopic (exact) mass is 298 g/mol. The van der Waals surface area contributed by atoms with Crippen molar-refractivity contribution < 1.29 is 19.1 Å². The molecule has 0 aliphatic rings. The minimum absolute atomic E-state index is 0.0858. The number of nitrogens with two attached hydrogens (primary N) is 2. The minimum atomic E-state index is -0.977. The van der Waals surface area contributed by atoms with E-state index >= 15 is 0 Å². The average Bonchev–Trinajstić information content (AvgIpc) is 2.23. The lowest BCUT2D eigenvalue weighted by Crippen LogP contribution is -2.58. The van der Waals surface area contributed by atoms with E-state index in [2.05, 4.69) is 5.92 Å². The molecule has 0 aromatic rings. The normalized spacial score (nSPS) is 14.0. The molecule has 0 heterocycles. The predicted molar refractivity (Wildman–Crippen MR) is 80.2 cm³/mol. The molecule has 0 unspecified atom stereocenters. The molecule has 6 nitrogen and oxygen atoms in total. The van der Waals surface area contributed by atoms with Crippen molar-refractivity contribution in [3.8, 4) is 12.3 Å². The van der Waals surface area contributed by atoms with Crippen LogP contribution in [0.5, 0.6) is 0 Å². The van der Waals surface area contributed by atoms with Gasteiger partial charge in [0, 0.05) is 0 Å². The molecule has 2 amide bonds. The zero-order valence-electron chi connectivity index (χ0n) is 13.6. The highest BCUT2D eigenvalue weighted by molar-refractivity contribution is 5.65. The molecule has 0 aromatic heterocycles. The number of hydrogen-bond acceptors (Lipinski definition) is 4. The van der Waals surface area contributed by atoms with Crippen molar-refractivity contribution in [3.63, 3.8) is 0 Å². The lowest BCUT2D eigenvalue weighted by molar-refractivity contribution is -0.136. The van der Waals surface area contributed by atoms with E-state index in [0.29, 0.717) is 0 Å². The van der Waals surface area contributed by atoms with Crippen molar-refractivity contribution >= 4 is 12.2 Å². The van der Waals surface area contributed by atoms with Crippen LogP contribution in [0.3, 0.4) is 0 Å². The number of terminal acetylenes is 1. The van der Waals surface area contributed by atoms with Gasteiger partial charge in [-0.05, 0) is 10.8 Å². The number of carbonyl (C=O) groups is 2. The topological polar surface area (TPSA) is 105 Å². The molecule has 0 aliphatic carbocycles. The van der Waals surface area contributed by atoms with Crippen molar-refractivity contribution in [1.82, 2.24) is 0 Å². The molecule has 0 aromatic carbocycles. The second kappa shape index (κ2) is 6.25. The fourth-order valence-electron chi connectivity index (χ4n) is 3.00. The lowest BCUT2D eigenvalue weighted by Gasteiger charge is -2.54. The van der Waals surface area contributed by atoms with E-state index in [-0.39, 0.29) is 6.61 Å². The summed E-state index contributed by atoms with van der Waals surface area (Å²) >= 11 is 0. The average molecular weight is 298 g/mol. The van der Waals surface area contributed by atoms with Crippen LogP contribution >= 0.6 is 0 Å². The molecule has 120 valence electrons. The minimum Gasteiger partial charge on any atom is -0.449 e. The predicted octanol–water partition coefficient (Wildman–Crippen LogP) is 2.26. The van der Waals surface area contributed by atoms with Gasteiger partial charge in [-0.15, -0.1) is 6.42 Å². The molecule has 0 fully saturated rings. The van der Waals surface area contributed by atoms with Gasteiger partial charge >= 0.3 is 12.2 Å². The second-order valence-corrected chi connectivity index (χ2v) is 7.06. The summed E-state index contributed by atoms with van der Waals surface area (Å²) in [5.74, 6) is 2.46. The summed E-state index contributed by atoms with van der Waals surface area (Å²) in [6, 6.07) is 0. The zero-order chi connectivity index (χ0) is 17.1. The van der Waals surface area contributed by atoms with Crippen molar-refractivity contribution in [2.45, 2.75) is 47.6 Å². The maximum Gasteiger partial charge on any atom is 0.405 e. The van der Waals surface area contributed by atoms with Gasteiger partial charge in [-0.1, -0.05) is 47.5 Å². The Balaban J connectivity index is 6.08. The van der Waals surface area contributed by atoms with E-state index in [4.69, 9.17) is 27.4 Å². The van der Waals surface area contributed by atoms with Gasteiger partial charge in [-0.3, -0.25) is 0 Å². The van der Waals surface area contributed by atoms with Gasteiger partial charge in [0.25, 0.3) is 0 Å². The summed E-state index contributed by atoms with van der Waals surface area (Å²) in [7, 11) is 0. The van der Waals surface area contributed by atoms with Crippen LogP contribution in [-0.4, -0.2) is 24.9 Å². The number of amides is 2. The Morgan fingerprint density at radius 1 is 1.05 bits per heavy atom. The first-order chi connectivity index (χ1) is 9.29. The van der Waals surface area contributed by atoms with Crippen molar-refractivity contribution in [1.29, 1.82) is 0 Å². The molecule has 0 saturated carbocycles. The number of ether oxygens (including phenoxy) is 2. The summed E-state index contributed by atoms with van der Waals surface area (Å²) in [5.41, 5.74) is 8.40. The number of primary amides is 2. The first-order valence-electron chi connectivity index (χ1n) is 6.64. The fraction of sp³-hybridized carbons (Fsp3) is 0.733. The molecule has 0 rings (SSSR count). The Morgan fingerprint density at radius 2 is 1.48 bits per heavy atom. The standard InChI is InChI=1S/C15H26N2O4/c1-8-10(21-12(17)19)15(13(2,3)4,14(5,6)7)9-20-11(16)18/h1,10H,9H2,2-7H3,(H2,16,18)(H2,17,19)/t10-/m0/s1. The lowest BCUT2D eigenvalue weighted by atomic mass is 9.52. The molecular formula is C15H26N2O4. The summed E-state index contributed by atoms with van der Waals surface area (Å²) in [5, 5.41) is 0. The maximum atomic E-state index is 11.2. The molecular weight excluding hydrogens is 272 g/mol. The molecule has 0 spiro atoms. The smallest absolute Gasteiger partial charge is 0.405 e. The van der Waals surface area contributed by atoms with E-state index in [1.54, 1.807) is 0 Å². The summed E-state index contributed by atoms with van der Waals surface area (Å²) in [6.45, 7) is 11.5. The van der Waals surface area contributed by atoms with Crippen molar-refractivity contribution in [3.05, 3.63) is 0 Å². The molecule has 1 atom stereocenters. The van der Waals surface area contributed by atoms with Crippen LogP contribution in [0.4, 0.5) is 9.59 Å². The van der Waals surface area contributed by atoms with Crippen molar-refractivity contribution in [2.24, 2.45) is 27.7 Å². The van der Waals surface area contributed by atoms with Gasteiger partial charge in [0.05, 0.1) is 5.41 Å². The third-order valence-corrected chi connectivity index (χ3v) is 3.95. The summed E-state index contributed by atoms with van der Waals surface area (Å²) < 4.78 is 10.2. The molecule has 0 aliphatic heterocycles. The SMILES string of the molecule is C#C[C@H](OC(N)=O)C(COC(N)=O)(C(C)(C)C)C(C)(C)C. The van der Waals surface area contributed by atoms with E-state index < -0.39 is 34.5 Å². The van der Waals surface area contributed by atoms with Crippen LogP contribution in [0.25, 0.3) is 0 Å². The van der Waals surface area contributed by atoms with E-state index in [9.17, 15) is 9.59 Å². The highest BCUT2D eigenvalue weighted by atomic mass is 16.6. The van der Waals surface area contributed by atoms with Gasteiger partial charge in [0.2, 0.25) is 0 Å². The molecule has 21 heavy (non-hydrogen) atoms.